The van der Waals surface area contributed by atoms with E-state index in [0.29, 0.717) is 5.01 Å². The third kappa shape index (κ3) is 3.35. The number of thiazole rings is 1. The van der Waals surface area contributed by atoms with Crippen LogP contribution in [0.25, 0.3) is 10.7 Å². The topological polar surface area (TPSA) is 84.0 Å². The van der Waals surface area contributed by atoms with Gasteiger partial charge in [0.2, 0.25) is 5.91 Å². The Morgan fingerprint density at radius 1 is 1.37 bits per heavy atom. The standard InChI is InChI=1S/C12H12N4O2S/c1-13-10(17)6-15-11(18)9-7-19-12(16-9)8-4-2-3-5-14-8/h2-5,7H,6H2,1H3,(H,13,17)(H,15,18). The molecule has 0 aliphatic rings. The van der Waals surface area contributed by atoms with Crippen LogP contribution in [0.5, 0.6) is 0 Å². The summed E-state index contributed by atoms with van der Waals surface area (Å²) >= 11 is 1.34. The fourth-order valence-electron chi connectivity index (χ4n) is 1.32. The minimum atomic E-state index is -0.373. The first-order chi connectivity index (χ1) is 9.20. The second-order valence-corrected chi connectivity index (χ2v) is 4.47. The Hall–Kier alpha value is -2.28. The molecule has 0 aliphatic heterocycles. The van der Waals surface area contributed by atoms with Crippen LogP contribution in [0.2, 0.25) is 0 Å². The molecule has 0 saturated heterocycles. The number of amides is 2. The van der Waals surface area contributed by atoms with Gasteiger partial charge in [0.15, 0.2) is 0 Å². The van der Waals surface area contributed by atoms with Gasteiger partial charge >= 0.3 is 0 Å². The summed E-state index contributed by atoms with van der Waals surface area (Å²) < 4.78 is 0. The van der Waals surface area contributed by atoms with E-state index in [1.54, 1.807) is 11.6 Å². The lowest BCUT2D eigenvalue weighted by Crippen LogP contribution is -2.35. The summed E-state index contributed by atoms with van der Waals surface area (Å²) in [4.78, 5) is 31.1. The largest absolute Gasteiger partial charge is 0.358 e. The van der Waals surface area contributed by atoms with Crippen molar-refractivity contribution >= 4 is 23.2 Å². The van der Waals surface area contributed by atoms with Crippen molar-refractivity contribution in [3.8, 4) is 10.7 Å². The normalized spacial score (nSPS) is 9.95. The van der Waals surface area contributed by atoms with Gasteiger partial charge in [0.25, 0.3) is 5.91 Å². The molecule has 0 bridgehead atoms. The van der Waals surface area contributed by atoms with Gasteiger partial charge in [0, 0.05) is 18.6 Å². The predicted octanol–water partition coefficient (Wildman–Crippen LogP) is 0.681. The maximum atomic E-state index is 11.7. The van der Waals surface area contributed by atoms with E-state index < -0.39 is 0 Å². The SMILES string of the molecule is CNC(=O)CNC(=O)c1csc(-c2ccccn2)n1. The van der Waals surface area contributed by atoms with Crippen LogP contribution in [0.1, 0.15) is 10.5 Å². The fourth-order valence-corrected chi connectivity index (χ4v) is 2.10. The minimum Gasteiger partial charge on any atom is -0.358 e. The van der Waals surface area contributed by atoms with Gasteiger partial charge in [-0.25, -0.2) is 4.98 Å². The Labute approximate surface area is 113 Å². The summed E-state index contributed by atoms with van der Waals surface area (Å²) in [6.07, 6.45) is 1.67. The molecule has 19 heavy (non-hydrogen) atoms. The van der Waals surface area contributed by atoms with E-state index in [2.05, 4.69) is 20.6 Å². The maximum absolute atomic E-state index is 11.7. The van der Waals surface area contributed by atoms with E-state index in [9.17, 15) is 9.59 Å². The van der Waals surface area contributed by atoms with E-state index in [0.717, 1.165) is 5.69 Å². The smallest absolute Gasteiger partial charge is 0.271 e. The molecule has 2 amide bonds. The molecule has 7 heteroatoms. The first kappa shape index (κ1) is 13.2. The van der Waals surface area contributed by atoms with Crippen LogP contribution in [0.3, 0.4) is 0 Å². The number of rotatable bonds is 4. The second kappa shape index (κ2) is 6.05. The number of nitrogens with zero attached hydrogens (tertiary/aromatic N) is 2. The quantitative estimate of drug-likeness (QED) is 0.860. The van der Waals surface area contributed by atoms with Gasteiger partial charge in [0.1, 0.15) is 10.7 Å². The maximum Gasteiger partial charge on any atom is 0.271 e. The monoisotopic (exact) mass is 276 g/mol. The molecule has 98 valence electrons. The molecule has 0 aliphatic carbocycles. The Kier molecular flexibility index (Phi) is 4.19. The summed E-state index contributed by atoms with van der Waals surface area (Å²) in [6.45, 7) is -0.0637. The van der Waals surface area contributed by atoms with Crippen LogP contribution in [0, 0.1) is 0 Å². The van der Waals surface area contributed by atoms with E-state index in [1.165, 1.54) is 18.4 Å². The number of hydrogen-bond donors (Lipinski definition) is 2. The molecule has 0 spiro atoms. The van der Waals surface area contributed by atoms with E-state index in [4.69, 9.17) is 0 Å². The van der Waals surface area contributed by atoms with Crippen LogP contribution in [-0.4, -0.2) is 35.4 Å². The van der Waals surface area contributed by atoms with Crippen LogP contribution >= 0.6 is 11.3 Å². The van der Waals surface area contributed by atoms with Crippen LogP contribution in [-0.2, 0) is 4.79 Å². The molecule has 2 N–H and O–H groups in total. The first-order valence-electron chi connectivity index (χ1n) is 5.56. The highest BCUT2D eigenvalue weighted by molar-refractivity contribution is 7.13. The molecule has 0 radical (unpaired) electrons. The fraction of sp³-hybridized carbons (Fsp3) is 0.167. The van der Waals surface area contributed by atoms with Crippen molar-refractivity contribution in [2.75, 3.05) is 13.6 Å². The highest BCUT2D eigenvalue weighted by atomic mass is 32.1. The van der Waals surface area contributed by atoms with Gasteiger partial charge in [-0.05, 0) is 12.1 Å². The molecule has 2 heterocycles. The molecule has 0 fully saturated rings. The zero-order valence-electron chi connectivity index (χ0n) is 10.2. The average Bonchev–Trinajstić information content (AvgIpc) is 2.95. The zero-order chi connectivity index (χ0) is 13.7. The number of nitrogens with one attached hydrogen (secondary N) is 2. The van der Waals surface area contributed by atoms with Crippen molar-refractivity contribution < 1.29 is 9.59 Å². The lowest BCUT2D eigenvalue weighted by Gasteiger charge is -2.01. The van der Waals surface area contributed by atoms with Gasteiger partial charge < -0.3 is 10.6 Å². The minimum absolute atomic E-state index is 0.0637. The van der Waals surface area contributed by atoms with Crippen molar-refractivity contribution in [3.05, 3.63) is 35.5 Å². The number of pyridine rings is 1. The van der Waals surface area contributed by atoms with Gasteiger partial charge in [0.05, 0.1) is 12.2 Å². The van der Waals surface area contributed by atoms with Crippen molar-refractivity contribution in [2.24, 2.45) is 0 Å². The van der Waals surface area contributed by atoms with Crippen molar-refractivity contribution in [1.82, 2.24) is 20.6 Å². The molecule has 2 rings (SSSR count). The number of carbonyl (C=O) groups is 2. The Balaban J connectivity index is 2.05. The van der Waals surface area contributed by atoms with E-state index in [1.807, 2.05) is 18.2 Å². The Morgan fingerprint density at radius 2 is 2.21 bits per heavy atom. The van der Waals surface area contributed by atoms with Crippen LogP contribution < -0.4 is 10.6 Å². The molecule has 0 atom stereocenters. The third-order valence-corrected chi connectivity index (χ3v) is 3.17. The second-order valence-electron chi connectivity index (χ2n) is 3.61. The van der Waals surface area contributed by atoms with Crippen molar-refractivity contribution in [2.45, 2.75) is 0 Å². The molecule has 6 nitrogen and oxygen atoms in total. The summed E-state index contributed by atoms with van der Waals surface area (Å²) in [5, 5.41) is 7.22. The van der Waals surface area contributed by atoms with Crippen LogP contribution in [0.4, 0.5) is 0 Å². The molecule has 0 unspecified atom stereocenters. The first-order valence-corrected chi connectivity index (χ1v) is 6.44. The Bertz CT molecular complexity index is 582. The lowest BCUT2D eigenvalue weighted by atomic mass is 10.3. The molecule has 0 saturated carbocycles. The van der Waals surface area contributed by atoms with E-state index in [-0.39, 0.29) is 24.1 Å². The Morgan fingerprint density at radius 3 is 2.89 bits per heavy atom. The van der Waals surface area contributed by atoms with Gasteiger partial charge in [-0.2, -0.15) is 0 Å². The van der Waals surface area contributed by atoms with Crippen molar-refractivity contribution in [1.29, 1.82) is 0 Å². The number of hydrogen-bond acceptors (Lipinski definition) is 5. The molecular weight excluding hydrogens is 264 g/mol. The average molecular weight is 276 g/mol. The summed E-state index contributed by atoms with van der Waals surface area (Å²) in [6, 6.07) is 5.49. The van der Waals surface area contributed by atoms with Crippen LogP contribution in [0.15, 0.2) is 29.8 Å². The molecule has 0 aromatic carbocycles. The summed E-state index contributed by atoms with van der Waals surface area (Å²) in [5.41, 5.74) is 1.01. The lowest BCUT2D eigenvalue weighted by molar-refractivity contribution is -0.119. The molecule has 2 aromatic rings. The van der Waals surface area contributed by atoms with Gasteiger partial charge in [-0.1, -0.05) is 6.07 Å². The molecular formula is C12H12N4O2S. The molecule has 2 aromatic heterocycles. The summed E-state index contributed by atoms with van der Waals surface area (Å²) in [5.74, 6) is -0.629. The van der Waals surface area contributed by atoms with E-state index >= 15 is 0 Å². The highest BCUT2D eigenvalue weighted by Gasteiger charge is 2.12. The summed E-state index contributed by atoms with van der Waals surface area (Å²) in [7, 11) is 1.51. The number of aromatic nitrogens is 2. The predicted molar refractivity (Wildman–Crippen MR) is 71.7 cm³/mol. The zero-order valence-corrected chi connectivity index (χ0v) is 11.0. The number of likely N-dealkylation sites (N-methyl/N-ethyl adjacent to an activating group) is 1. The highest BCUT2D eigenvalue weighted by Crippen LogP contribution is 2.21. The van der Waals surface area contributed by atoms with Crippen molar-refractivity contribution in [3.63, 3.8) is 0 Å². The third-order valence-electron chi connectivity index (χ3n) is 2.31. The van der Waals surface area contributed by atoms with Gasteiger partial charge in [-0.15, -0.1) is 11.3 Å². The van der Waals surface area contributed by atoms with Gasteiger partial charge in [-0.3, -0.25) is 14.6 Å². The number of carbonyl (C=O) groups excluding carboxylic acids is 2.